The van der Waals surface area contributed by atoms with Gasteiger partial charge in [0.2, 0.25) is 6.79 Å². The van der Waals surface area contributed by atoms with Crippen molar-refractivity contribution in [3.05, 3.63) is 65.3 Å². The van der Waals surface area contributed by atoms with Gasteiger partial charge in [0, 0.05) is 47.5 Å². The molecule has 35 heavy (non-hydrogen) atoms. The summed E-state index contributed by atoms with van der Waals surface area (Å²) >= 11 is 6.43. The first-order valence-corrected chi connectivity index (χ1v) is 11.8. The molecule has 0 atom stereocenters. The minimum absolute atomic E-state index is 0.00564. The van der Waals surface area contributed by atoms with Crippen molar-refractivity contribution in [3.63, 3.8) is 0 Å². The number of aromatic nitrogens is 3. The summed E-state index contributed by atoms with van der Waals surface area (Å²) in [6.07, 6.45) is 3.17. The van der Waals surface area contributed by atoms with Gasteiger partial charge in [0.1, 0.15) is 13.7 Å². The number of ether oxygens (including phenoxy) is 2. The van der Waals surface area contributed by atoms with Crippen molar-refractivity contribution in [2.75, 3.05) is 25.2 Å². The van der Waals surface area contributed by atoms with Crippen LogP contribution in [0.4, 0.5) is 5.82 Å². The number of halogens is 1. The second kappa shape index (κ2) is 8.81. The van der Waals surface area contributed by atoms with Gasteiger partial charge in [-0.2, -0.15) is 9.61 Å². The summed E-state index contributed by atoms with van der Waals surface area (Å²) in [6.45, 7) is 1.46. The summed E-state index contributed by atoms with van der Waals surface area (Å²) in [5.74, 6) is 2.06. The number of nitrogens with one attached hydrogen (secondary N) is 1. The van der Waals surface area contributed by atoms with Crippen LogP contribution in [0.15, 0.2) is 54.7 Å². The molecule has 4 heterocycles. The van der Waals surface area contributed by atoms with E-state index in [0.717, 1.165) is 24.2 Å². The fourth-order valence-electron chi connectivity index (χ4n) is 4.54. The third-order valence-corrected chi connectivity index (χ3v) is 6.73. The van der Waals surface area contributed by atoms with E-state index in [-0.39, 0.29) is 18.7 Å². The van der Waals surface area contributed by atoms with Crippen molar-refractivity contribution >= 4 is 42.3 Å². The third-order valence-electron chi connectivity index (χ3n) is 6.40. The van der Waals surface area contributed by atoms with E-state index in [2.05, 4.69) is 10.4 Å². The molecule has 0 saturated carbocycles. The van der Waals surface area contributed by atoms with Gasteiger partial charge in [-0.3, -0.25) is 4.79 Å². The predicted molar refractivity (Wildman–Crippen MR) is 134 cm³/mol. The number of carbonyl (C=O) groups is 1. The molecule has 2 aliphatic rings. The predicted octanol–water partition coefficient (Wildman–Crippen LogP) is 3.29. The summed E-state index contributed by atoms with van der Waals surface area (Å²) in [5, 5.41) is 8.60. The van der Waals surface area contributed by atoms with Gasteiger partial charge in [0.15, 0.2) is 17.1 Å². The maximum absolute atomic E-state index is 13.0. The van der Waals surface area contributed by atoms with Crippen molar-refractivity contribution in [2.24, 2.45) is 0 Å². The molecule has 2 aromatic carbocycles. The molecule has 8 nitrogen and oxygen atoms in total. The molecule has 1 fully saturated rings. The van der Waals surface area contributed by atoms with Crippen LogP contribution < -0.4 is 20.3 Å². The average Bonchev–Trinajstić information content (AvgIpc) is 3.50. The van der Waals surface area contributed by atoms with E-state index >= 15 is 0 Å². The third kappa shape index (κ3) is 4.06. The van der Waals surface area contributed by atoms with E-state index < -0.39 is 0 Å². The zero-order valence-electron chi connectivity index (χ0n) is 18.8. The van der Waals surface area contributed by atoms with Gasteiger partial charge in [0.25, 0.3) is 5.91 Å². The SMILES string of the molecule is [B]c1cnn2c(NC3CCN(C(=O)c4ccc5c(c4)OCO5)CC3)cc(-c3ccccc3Cl)nc12. The number of nitrogens with zero attached hydrogens (tertiary/aromatic N) is 4. The number of amides is 1. The van der Waals surface area contributed by atoms with Gasteiger partial charge in [-0.1, -0.05) is 29.8 Å². The van der Waals surface area contributed by atoms with Gasteiger partial charge >= 0.3 is 0 Å². The summed E-state index contributed by atoms with van der Waals surface area (Å²) in [4.78, 5) is 19.6. The van der Waals surface area contributed by atoms with Crippen LogP contribution in [0.25, 0.3) is 16.9 Å². The number of anilines is 1. The van der Waals surface area contributed by atoms with Crippen molar-refractivity contribution in [2.45, 2.75) is 18.9 Å². The molecule has 10 heteroatoms. The van der Waals surface area contributed by atoms with Crippen molar-refractivity contribution in [1.82, 2.24) is 19.5 Å². The second-order valence-electron chi connectivity index (χ2n) is 8.62. The fourth-order valence-corrected chi connectivity index (χ4v) is 4.77. The number of hydrogen-bond acceptors (Lipinski definition) is 6. The molecule has 1 saturated heterocycles. The molecule has 0 spiro atoms. The van der Waals surface area contributed by atoms with Crippen LogP contribution in [0.1, 0.15) is 23.2 Å². The number of likely N-dealkylation sites (tertiary alicyclic amines) is 1. The molecule has 4 aromatic rings. The Bertz CT molecular complexity index is 1430. The smallest absolute Gasteiger partial charge is 0.253 e. The Morgan fingerprint density at radius 1 is 1.09 bits per heavy atom. The molecule has 6 rings (SSSR count). The highest BCUT2D eigenvalue weighted by Crippen LogP contribution is 2.33. The van der Waals surface area contributed by atoms with Crippen molar-refractivity contribution in [3.8, 4) is 22.8 Å². The van der Waals surface area contributed by atoms with Crippen LogP contribution in [0, 0.1) is 0 Å². The maximum atomic E-state index is 13.0. The van der Waals surface area contributed by atoms with E-state index in [0.29, 0.717) is 52.0 Å². The van der Waals surface area contributed by atoms with Crippen molar-refractivity contribution in [1.29, 1.82) is 0 Å². The molecule has 2 aromatic heterocycles. The molecule has 0 aliphatic carbocycles. The van der Waals surface area contributed by atoms with E-state index in [1.807, 2.05) is 35.2 Å². The number of carbonyl (C=O) groups excluding carboxylic acids is 1. The fraction of sp³-hybridized carbons (Fsp3) is 0.240. The summed E-state index contributed by atoms with van der Waals surface area (Å²) < 4.78 is 12.5. The second-order valence-corrected chi connectivity index (χ2v) is 9.03. The van der Waals surface area contributed by atoms with E-state index in [1.165, 1.54) is 0 Å². The van der Waals surface area contributed by atoms with Gasteiger partial charge in [0.05, 0.1) is 5.69 Å². The van der Waals surface area contributed by atoms with E-state index in [1.54, 1.807) is 28.9 Å². The summed E-state index contributed by atoms with van der Waals surface area (Å²) in [7, 11) is 6.14. The number of hydrogen-bond donors (Lipinski definition) is 1. The Hall–Kier alpha value is -3.72. The minimum Gasteiger partial charge on any atom is -0.454 e. The lowest BCUT2D eigenvalue weighted by atomic mass is 10.0. The standard InChI is InChI=1S/C25H21BClN5O3/c26-18-13-28-32-23(12-20(30-24(18)32)17-3-1-2-4-19(17)27)29-16-7-9-31(10-8-16)25(33)15-5-6-21-22(11-15)35-14-34-21/h1-6,11-13,16,29H,7-10,14H2. The number of rotatable bonds is 4. The Labute approximate surface area is 208 Å². The molecule has 2 radical (unpaired) electrons. The molecule has 0 unspecified atom stereocenters. The summed E-state index contributed by atoms with van der Waals surface area (Å²) in [5.41, 5.74) is 3.21. The molecule has 0 bridgehead atoms. The maximum Gasteiger partial charge on any atom is 0.253 e. The lowest BCUT2D eigenvalue weighted by Crippen LogP contribution is -2.42. The van der Waals surface area contributed by atoms with Crippen LogP contribution in [-0.4, -0.2) is 59.2 Å². The first-order valence-electron chi connectivity index (χ1n) is 11.4. The van der Waals surface area contributed by atoms with Crippen LogP contribution in [0.5, 0.6) is 11.5 Å². The lowest BCUT2D eigenvalue weighted by Gasteiger charge is -2.33. The molecule has 1 amide bonds. The van der Waals surface area contributed by atoms with Crippen LogP contribution in [0.2, 0.25) is 5.02 Å². The first kappa shape index (κ1) is 21.8. The zero-order chi connectivity index (χ0) is 23.9. The number of fused-ring (bicyclic) bond motifs is 2. The number of benzene rings is 2. The molecule has 2 aliphatic heterocycles. The van der Waals surface area contributed by atoms with Gasteiger partial charge in [-0.15, -0.1) is 0 Å². The average molecular weight is 486 g/mol. The van der Waals surface area contributed by atoms with Crippen molar-refractivity contribution < 1.29 is 14.3 Å². The first-order chi connectivity index (χ1) is 17.1. The van der Waals surface area contributed by atoms with Crippen LogP contribution in [-0.2, 0) is 0 Å². The zero-order valence-corrected chi connectivity index (χ0v) is 19.5. The Morgan fingerprint density at radius 3 is 2.71 bits per heavy atom. The molecular weight excluding hydrogens is 465 g/mol. The highest BCUT2D eigenvalue weighted by molar-refractivity contribution is 6.36. The molecule has 174 valence electrons. The van der Waals surface area contributed by atoms with Gasteiger partial charge < -0.3 is 19.7 Å². The lowest BCUT2D eigenvalue weighted by molar-refractivity contribution is 0.0718. The Kier molecular flexibility index (Phi) is 5.49. The largest absolute Gasteiger partial charge is 0.454 e. The van der Waals surface area contributed by atoms with Gasteiger partial charge in [-0.25, -0.2) is 4.98 Å². The number of piperidine rings is 1. The van der Waals surface area contributed by atoms with Crippen LogP contribution >= 0.6 is 11.6 Å². The quantitative estimate of drug-likeness (QED) is 0.447. The van der Waals surface area contributed by atoms with Gasteiger partial charge in [-0.05, 0) is 42.6 Å². The summed E-state index contributed by atoms with van der Waals surface area (Å²) in [6, 6.07) is 15.0. The molecule has 1 N–H and O–H groups in total. The normalized spacial score (nSPS) is 15.5. The Morgan fingerprint density at radius 2 is 1.89 bits per heavy atom. The minimum atomic E-state index is -0.00564. The van der Waals surface area contributed by atoms with Crippen LogP contribution in [0.3, 0.4) is 0 Å². The monoisotopic (exact) mass is 485 g/mol. The van der Waals surface area contributed by atoms with E-state index in [4.69, 9.17) is 33.9 Å². The molecular formula is C25H21BClN5O3. The highest BCUT2D eigenvalue weighted by atomic mass is 35.5. The van der Waals surface area contributed by atoms with E-state index in [9.17, 15) is 4.79 Å². The highest BCUT2D eigenvalue weighted by Gasteiger charge is 2.26. The Balaban J connectivity index is 1.20. The topological polar surface area (TPSA) is 81.0 Å².